The molecular weight excluding hydrogens is 242 g/mol. The van der Waals surface area contributed by atoms with Gasteiger partial charge >= 0.3 is 5.97 Å². The first-order chi connectivity index (χ1) is 9.15. The van der Waals surface area contributed by atoms with Crippen LogP contribution in [0, 0.1) is 0 Å². The summed E-state index contributed by atoms with van der Waals surface area (Å²) < 4.78 is 7.09. The molecule has 1 aromatic heterocycles. The number of nitrogens with two attached hydrogens (primary N) is 1. The average Bonchev–Trinajstić information content (AvgIpc) is 2.78. The average molecular weight is 259 g/mol. The zero-order valence-corrected chi connectivity index (χ0v) is 10.9. The van der Waals surface area contributed by atoms with Crippen LogP contribution in [0.2, 0.25) is 0 Å². The third kappa shape index (κ3) is 3.84. The molecule has 0 atom stereocenters. The summed E-state index contributed by atoms with van der Waals surface area (Å²) in [4.78, 5) is 15.8. The van der Waals surface area contributed by atoms with Gasteiger partial charge in [-0.05, 0) is 17.7 Å². The molecule has 0 aliphatic carbocycles. The van der Waals surface area contributed by atoms with E-state index in [0.29, 0.717) is 18.7 Å². The predicted octanol–water partition coefficient (Wildman–Crippen LogP) is 1.33. The van der Waals surface area contributed by atoms with Crippen LogP contribution in [0.5, 0.6) is 0 Å². The van der Waals surface area contributed by atoms with Gasteiger partial charge in [-0.3, -0.25) is 4.79 Å². The quantitative estimate of drug-likeness (QED) is 0.649. The monoisotopic (exact) mass is 259 g/mol. The van der Waals surface area contributed by atoms with Crippen molar-refractivity contribution < 1.29 is 9.53 Å². The molecule has 1 aromatic carbocycles. The summed E-state index contributed by atoms with van der Waals surface area (Å²) in [5.74, 6) is 0.666. The maximum absolute atomic E-state index is 11.6. The Hall–Kier alpha value is -2.30. The first kappa shape index (κ1) is 13.1. The summed E-state index contributed by atoms with van der Waals surface area (Å²) in [6.07, 6.45) is 4.48. The van der Waals surface area contributed by atoms with Gasteiger partial charge in [0.05, 0.1) is 13.0 Å². The van der Waals surface area contributed by atoms with Crippen LogP contribution in [0.15, 0.2) is 36.7 Å². The van der Waals surface area contributed by atoms with Gasteiger partial charge in [-0.2, -0.15) is 0 Å². The highest BCUT2D eigenvalue weighted by molar-refractivity contribution is 5.72. The van der Waals surface area contributed by atoms with E-state index in [1.165, 1.54) is 0 Å². The van der Waals surface area contributed by atoms with E-state index in [-0.39, 0.29) is 12.4 Å². The molecule has 0 amide bonds. The molecule has 2 aromatic rings. The Kier molecular flexibility index (Phi) is 4.18. The fourth-order valence-electron chi connectivity index (χ4n) is 1.75. The fourth-order valence-corrected chi connectivity index (χ4v) is 1.75. The Labute approximate surface area is 112 Å². The number of esters is 1. The van der Waals surface area contributed by atoms with Crippen molar-refractivity contribution in [2.75, 3.05) is 12.3 Å². The third-order valence-electron chi connectivity index (χ3n) is 2.84. The zero-order chi connectivity index (χ0) is 13.7. The minimum absolute atomic E-state index is 0.237. The van der Waals surface area contributed by atoms with Gasteiger partial charge in [-0.15, -0.1) is 0 Å². The smallest absolute Gasteiger partial charge is 0.310 e. The molecule has 0 aliphatic heterocycles. The van der Waals surface area contributed by atoms with Crippen LogP contribution in [-0.2, 0) is 29.4 Å². The fraction of sp³-hybridized carbons (Fsp3) is 0.286. The maximum Gasteiger partial charge on any atom is 0.310 e. The van der Waals surface area contributed by atoms with Crippen LogP contribution in [0.1, 0.15) is 11.4 Å². The largest absolute Gasteiger partial charge is 0.465 e. The molecule has 2 rings (SSSR count). The molecule has 0 aliphatic rings. The van der Waals surface area contributed by atoms with E-state index in [4.69, 9.17) is 10.5 Å². The van der Waals surface area contributed by atoms with Crippen LogP contribution >= 0.6 is 0 Å². The SMILES string of the molecule is Cn1ccnc1CCOC(=O)Cc1ccc(N)cc1. The lowest BCUT2D eigenvalue weighted by molar-refractivity contribution is -0.142. The minimum atomic E-state index is -0.237. The van der Waals surface area contributed by atoms with E-state index in [1.54, 1.807) is 18.3 Å². The first-order valence-corrected chi connectivity index (χ1v) is 6.11. The first-order valence-electron chi connectivity index (χ1n) is 6.11. The molecule has 0 unspecified atom stereocenters. The van der Waals surface area contributed by atoms with Gasteiger partial charge in [0.25, 0.3) is 0 Å². The second-order valence-corrected chi connectivity index (χ2v) is 4.34. The molecule has 100 valence electrons. The number of carbonyl (C=O) groups is 1. The lowest BCUT2D eigenvalue weighted by Crippen LogP contribution is -2.12. The third-order valence-corrected chi connectivity index (χ3v) is 2.84. The number of hydrogen-bond donors (Lipinski definition) is 1. The number of ether oxygens (including phenoxy) is 1. The van der Waals surface area contributed by atoms with Crippen molar-refractivity contribution in [2.24, 2.45) is 7.05 Å². The summed E-state index contributed by atoms with van der Waals surface area (Å²) >= 11 is 0. The number of benzene rings is 1. The van der Waals surface area contributed by atoms with Crippen molar-refractivity contribution in [3.8, 4) is 0 Å². The van der Waals surface area contributed by atoms with Gasteiger partial charge < -0.3 is 15.0 Å². The van der Waals surface area contributed by atoms with Crippen LogP contribution in [0.25, 0.3) is 0 Å². The lowest BCUT2D eigenvalue weighted by Gasteiger charge is -2.05. The highest BCUT2D eigenvalue weighted by Gasteiger charge is 2.06. The number of carbonyl (C=O) groups excluding carboxylic acids is 1. The molecule has 0 spiro atoms. The molecule has 0 fully saturated rings. The number of nitrogen functional groups attached to an aromatic ring is 1. The molecule has 0 bridgehead atoms. The summed E-state index contributed by atoms with van der Waals surface area (Å²) in [6, 6.07) is 7.21. The van der Waals surface area contributed by atoms with Gasteiger partial charge in [-0.25, -0.2) is 4.98 Å². The van der Waals surface area contributed by atoms with E-state index in [0.717, 1.165) is 11.4 Å². The summed E-state index contributed by atoms with van der Waals surface area (Å²) in [7, 11) is 1.92. The minimum Gasteiger partial charge on any atom is -0.465 e. The van der Waals surface area contributed by atoms with E-state index in [1.807, 2.05) is 29.9 Å². The highest BCUT2D eigenvalue weighted by atomic mass is 16.5. The second kappa shape index (κ2) is 6.04. The number of hydrogen-bond acceptors (Lipinski definition) is 4. The lowest BCUT2D eigenvalue weighted by atomic mass is 10.1. The van der Waals surface area contributed by atoms with Crippen molar-refractivity contribution in [1.29, 1.82) is 0 Å². The van der Waals surface area contributed by atoms with Crippen LogP contribution < -0.4 is 5.73 Å². The van der Waals surface area contributed by atoms with Crippen LogP contribution in [0.4, 0.5) is 5.69 Å². The molecule has 5 heteroatoms. The Morgan fingerprint density at radius 1 is 1.37 bits per heavy atom. The summed E-state index contributed by atoms with van der Waals surface area (Å²) in [5.41, 5.74) is 7.17. The normalized spacial score (nSPS) is 10.4. The number of imidazole rings is 1. The van der Waals surface area contributed by atoms with Crippen molar-refractivity contribution >= 4 is 11.7 Å². The maximum atomic E-state index is 11.6. The Morgan fingerprint density at radius 2 is 2.11 bits per heavy atom. The van der Waals surface area contributed by atoms with Crippen molar-refractivity contribution in [2.45, 2.75) is 12.8 Å². The van der Waals surface area contributed by atoms with Crippen molar-refractivity contribution in [3.63, 3.8) is 0 Å². The molecule has 1 heterocycles. The van der Waals surface area contributed by atoms with Gasteiger partial charge in [0.2, 0.25) is 0 Å². The molecule has 5 nitrogen and oxygen atoms in total. The molecular formula is C14H17N3O2. The number of aryl methyl sites for hydroxylation is 1. The van der Waals surface area contributed by atoms with E-state index >= 15 is 0 Å². The second-order valence-electron chi connectivity index (χ2n) is 4.34. The van der Waals surface area contributed by atoms with E-state index in [9.17, 15) is 4.79 Å². The predicted molar refractivity (Wildman–Crippen MR) is 72.4 cm³/mol. The molecule has 0 radical (unpaired) electrons. The molecule has 0 saturated carbocycles. The number of rotatable bonds is 5. The Bertz CT molecular complexity index is 546. The van der Waals surface area contributed by atoms with E-state index in [2.05, 4.69) is 4.98 Å². The molecule has 2 N–H and O–H groups in total. The van der Waals surface area contributed by atoms with Gasteiger partial charge in [0.1, 0.15) is 5.82 Å². The number of nitrogens with zero attached hydrogens (tertiary/aromatic N) is 2. The number of aromatic nitrogens is 2. The van der Waals surface area contributed by atoms with Crippen molar-refractivity contribution in [3.05, 3.63) is 48.0 Å². The van der Waals surface area contributed by atoms with Crippen molar-refractivity contribution in [1.82, 2.24) is 9.55 Å². The van der Waals surface area contributed by atoms with Crippen LogP contribution in [0.3, 0.4) is 0 Å². The van der Waals surface area contributed by atoms with Gasteiger partial charge in [0, 0.05) is 31.5 Å². The molecule has 0 saturated heterocycles. The highest BCUT2D eigenvalue weighted by Crippen LogP contribution is 2.07. The van der Waals surface area contributed by atoms with Gasteiger partial charge in [-0.1, -0.05) is 12.1 Å². The standard InChI is InChI=1S/C14H17N3O2/c1-17-8-7-16-13(17)6-9-19-14(18)10-11-2-4-12(15)5-3-11/h2-5,7-8H,6,9-10,15H2,1H3. The summed E-state index contributed by atoms with van der Waals surface area (Å²) in [5, 5.41) is 0. The summed E-state index contributed by atoms with van der Waals surface area (Å²) in [6.45, 7) is 0.346. The number of anilines is 1. The zero-order valence-electron chi connectivity index (χ0n) is 10.9. The molecule has 19 heavy (non-hydrogen) atoms. The topological polar surface area (TPSA) is 70.1 Å². The van der Waals surface area contributed by atoms with E-state index < -0.39 is 0 Å². The Balaban J connectivity index is 1.76. The Morgan fingerprint density at radius 3 is 2.74 bits per heavy atom. The van der Waals surface area contributed by atoms with Crippen LogP contribution in [-0.4, -0.2) is 22.1 Å². The van der Waals surface area contributed by atoms with Gasteiger partial charge in [0.15, 0.2) is 0 Å².